The molecular weight excluding hydrogens is 494 g/mol. The summed E-state index contributed by atoms with van der Waals surface area (Å²) in [5, 5.41) is 19.2. The number of aliphatic hydroxyl groups is 1. The lowest BCUT2D eigenvalue weighted by molar-refractivity contribution is -0.138. The van der Waals surface area contributed by atoms with E-state index < -0.39 is 27.1 Å². The third-order valence-corrected chi connectivity index (χ3v) is 10.4. The van der Waals surface area contributed by atoms with Crippen molar-refractivity contribution >= 4 is 33.2 Å². The first kappa shape index (κ1) is 25.4. The summed E-state index contributed by atoms with van der Waals surface area (Å²) in [7, 11) is -3.66. The third kappa shape index (κ3) is 3.75. The highest BCUT2D eigenvalue weighted by Crippen LogP contribution is 2.47. The molecule has 1 amide bonds. The highest BCUT2D eigenvalue weighted by atomic mass is 32.2. The third-order valence-electron chi connectivity index (χ3n) is 7.98. The second-order valence-corrected chi connectivity index (χ2v) is 13.3. The van der Waals surface area contributed by atoms with Crippen molar-refractivity contribution in [3.63, 3.8) is 0 Å². The van der Waals surface area contributed by atoms with Crippen LogP contribution in [-0.4, -0.2) is 88.1 Å². The van der Waals surface area contributed by atoms with Crippen molar-refractivity contribution in [1.29, 1.82) is 5.26 Å². The summed E-state index contributed by atoms with van der Waals surface area (Å²) in [6, 6.07) is 5.13. The molecule has 1 N–H and O–H groups in total. The average molecular weight is 526 g/mol. The van der Waals surface area contributed by atoms with Gasteiger partial charge in [-0.2, -0.15) is 5.26 Å². The maximum atomic E-state index is 13.4. The minimum absolute atomic E-state index is 0.0754. The van der Waals surface area contributed by atoms with E-state index in [0.29, 0.717) is 31.0 Å². The summed E-state index contributed by atoms with van der Waals surface area (Å²) in [5.74, 6) is 1.56. The number of hydrogen-bond acceptors (Lipinski definition) is 10. The van der Waals surface area contributed by atoms with Crippen molar-refractivity contribution in [3.05, 3.63) is 35.8 Å². The lowest BCUT2D eigenvalue weighted by Gasteiger charge is -2.49. The van der Waals surface area contributed by atoms with Crippen LogP contribution in [0.15, 0.2) is 24.7 Å². The van der Waals surface area contributed by atoms with E-state index in [1.54, 1.807) is 23.2 Å². The molecule has 2 aromatic rings. The van der Waals surface area contributed by atoms with Crippen LogP contribution in [-0.2, 0) is 20.0 Å². The molecule has 12 heteroatoms. The number of pyridine rings is 1. The second-order valence-electron chi connectivity index (χ2n) is 10.9. The standard InChI is InChI=1S/C25H31N7O4S/c1-16-12-31(23(34)25(14-33)6-8-37(25,35)36)17(2)11-30(16)21-20-22(29-15-28-21)32(13-24(20,3)4)19-9-18(10-26)5-7-27-19/h5,7,9,15-17,33H,6,8,11-14H2,1-4H3/t16-,17+,25-/m0/s1. The van der Waals surface area contributed by atoms with Gasteiger partial charge in [-0.3, -0.25) is 4.79 Å². The molecule has 3 atom stereocenters. The number of carbonyl (C=O) groups excluding carboxylic acids is 1. The Bertz CT molecular complexity index is 1400. The van der Waals surface area contributed by atoms with Crippen LogP contribution in [0.4, 0.5) is 17.5 Å². The van der Waals surface area contributed by atoms with Crippen LogP contribution >= 0.6 is 0 Å². The molecule has 0 unspecified atom stereocenters. The molecule has 0 spiro atoms. The molecule has 196 valence electrons. The Hall–Kier alpha value is -3.30. The Morgan fingerprint density at radius 1 is 1.19 bits per heavy atom. The Labute approximate surface area is 216 Å². The van der Waals surface area contributed by atoms with E-state index in [1.165, 1.54) is 6.33 Å². The maximum Gasteiger partial charge on any atom is 0.246 e. The molecule has 11 nitrogen and oxygen atoms in total. The molecule has 0 saturated carbocycles. The van der Waals surface area contributed by atoms with Gasteiger partial charge >= 0.3 is 0 Å². The van der Waals surface area contributed by atoms with Gasteiger partial charge in [-0.25, -0.2) is 23.4 Å². The predicted octanol–water partition coefficient (Wildman–Crippen LogP) is 1.15. The van der Waals surface area contributed by atoms with Crippen molar-refractivity contribution in [1.82, 2.24) is 19.9 Å². The van der Waals surface area contributed by atoms with Gasteiger partial charge in [-0.15, -0.1) is 0 Å². The molecule has 0 aromatic carbocycles. The Morgan fingerprint density at radius 3 is 2.54 bits per heavy atom. The Kier molecular flexibility index (Phi) is 5.91. The molecule has 2 fully saturated rings. The van der Waals surface area contributed by atoms with Crippen molar-refractivity contribution in [2.75, 3.05) is 41.8 Å². The van der Waals surface area contributed by atoms with E-state index in [9.17, 15) is 23.6 Å². The number of amides is 1. The SMILES string of the molecule is C[C@@H]1CN(c2ncnc3c2C(C)(C)CN3c2cc(C#N)ccn2)[C@@H](C)CN1C(=O)[C@@]1(CO)CCS1(=O)=O. The number of nitrogens with zero attached hydrogens (tertiary/aromatic N) is 7. The molecule has 2 aromatic heterocycles. The summed E-state index contributed by atoms with van der Waals surface area (Å²) >= 11 is 0. The van der Waals surface area contributed by atoms with E-state index in [4.69, 9.17) is 0 Å². The van der Waals surface area contributed by atoms with E-state index in [2.05, 4.69) is 39.8 Å². The largest absolute Gasteiger partial charge is 0.394 e. The predicted molar refractivity (Wildman–Crippen MR) is 137 cm³/mol. The number of aromatic nitrogens is 3. The minimum Gasteiger partial charge on any atom is -0.394 e. The molecule has 3 aliphatic rings. The van der Waals surface area contributed by atoms with Crippen molar-refractivity contribution < 1.29 is 18.3 Å². The van der Waals surface area contributed by atoms with Crippen LogP contribution in [0.1, 0.15) is 45.2 Å². The first-order valence-electron chi connectivity index (χ1n) is 12.4. The number of nitriles is 1. The summed E-state index contributed by atoms with van der Waals surface area (Å²) in [6.45, 7) is 8.79. The van der Waals surface area contributed by atoms with E-state index in [-0.39, 0.29) is 29.7 Å². The fourth-order valence-electron chi connectivity index (χ4n) is 5.74. The highest BCUT2D eigenvalue weighted by molar-refractivity contribution is 7.95. The lowest BCUT2D eigenvalue weighted by atomic mass is 9.87. The fraction of sp³-hybridized carbons (Fsp3) is 0.560. The second kappa shape index (κ2) is 8.63. The number of piperazine rings is 1. The highest BCUT2D eigenvalue weighted by Gasteiger charge is 2.60. The van der Waals surface area contributed by atoms with Crippen LogP contribution in [0.3, 0.4) is 0 Å². The summed E-state index contributed by atoms with van der Waals surface area (Å²) < 4.78 is 23.2. The number of rotatable bonds is 4. The normalized spacial score (nSPS) is 27.8. The van der Waals surface area contributed by atoms with Gasteiger partial charge in [0.05, 0.1) is 24.0 Å². The van der Waals surface area contributed by atoms with Gasteiger partial charge in [0, 0.05) is 48.9 Å². The first-order chi connectivity index (χ1) is 17.5. The van der Waals surface area contributed by atoms with Crippen LogP contribution in [0.2, 0.25) is 0 Å². The minimum atomic E-state index is -3.66. The smallest absolute Gasteiger partial charge is 0.246 e. The summed E-state index contributed by atoms with van der Waals surface area (Å²) in [5.41, 5.74) is 1.15. The van der Waals surface area contributed by atoms with E-state index in [0.717, 1.165) is 17.2 Å². The number of anilines is 3. The molecule has 5 rings (SSSR count). The van der Waals surface area contributed by atoms with Gasteiger partial charge in [0.15, 0.2) is 14.6 Å². The summed E-state index contributed by atoms with van der Waals surface area (Å²) in [4.78, 5) is 32.9. The maximum absolute atomic E-state index is 13.4. The van der Waals surface area contributed by atoms with E-state index >= 15 is 0 Å². The number of aliphatic hydroxyl groups excluding tert-OH is 1. The molecule has 0 aliphatic carbocycles. The van der Waals surface area contributed by atoms with Gasteiger partial charge in [0.2, 0.25) is 5.91 Å². The van der Waals surface area contributed by atoms with Crippen LogP contribution < -0.4 is 9.80 Å². The van der Waals surface area contributed by atoms with Crippen LogP contribution in [0.25, 0.3) is 0 Å². The number of sulfone groups is 1. The van der Waals surface area contributed by atoms with Gasteiger partial charge < -0.3 is 19.8 Å². The van der Waals surface area contributed by atoms with Crippen LogP contribution in [0, 0.1) is 11.3 Å². The molecule has 2 saturated heterocycles. The Morgan fingerprint density at radius 2 is 1.92 bits per heavy atom. The van der Waals surface area contributed by atoms with Gasteiger partial charge in [-0.05, 0) is 32.4 Å². The summed E-state index contributed by atoms with van der Waals surface area (Å²) in [6.07, 6.45) is 3.28. The number of fused-ring (bicyclic) bond motifs is 1. The molecule has 3 aliphatic heterocycles. The zero-order valence-electron chi connectivity index (χ0n) is 21.4. The van der Waals surface area contributed by atoms with Gasteiger partial charge in [0.25, 0.3) is 0 Å². The van der Waals surface area contributed by atoms with Crippen LogP contribution in [0.5, 0.6) is 0 Å². The molecule has 5 heterocycles. The van der Waals surface area contributed by atoms with E-state index in [1.807, 2.05) is 18.7 Å². The quantitative estimate of drug-likeness (QED) is 0.617. The first-order valence-corrected chi connectivity index (χ1v) is 14.0. The number of hydrogen-bond donors (Lipinski definition) is 1. The van der Waals surface area contributed by atoms with Gasteiger partial charge in [0.1, 0.15) is 23.8 Å². The molecule has 0 radical (unpaired) electrons. The lowest BCUT2D eigenvalue weighted by Crippen LogP contribution is -2.68. The topological polar surface area (TPSA) is 144 Å². The molecule has 37 heavy (non-hydrogen) atoms. The van der Waals surface area contributed by atoms with Crippen molar-refractivity contribution in [2.24, 2.45) is 0 Å². The van der Waals surface area contributed by atoms with Crippen molar-refractivity contribution in [2.45, 2.75) is 56.4 Å². The monoisotopic (exact) mass is 525 g/mol. The zero-order chi connectivity index (χ0) is 26.8. The zero-order valence-corrected chi connectivity index (χ0v) is 22.2. The van der Waals surface area contributed by atoms with Gasteiger partial charge in [-0.1, -0.05) is 13.8 Å². The fourth-order valence-corrected chi connectivity index (χ4v) is 7.35. The molecule has 0 bridgehead atoms. The average Bonchev–Trinajstić information content (AvgIpc) is 3.16. The van der Waals surface area contributed by atoms with Crippen molar-refractivity contribution in [3.8, 4) is 6.07 Å². The Balaban J connectivity index is 1.47. The molecular formula is C25H31N7O4S. The number of carbonyl (C=O) groups is 1.